The largest absolute Gasteiger partial charge is 0.486 e. The predicted octanol–water partition coefficient (Wildman–Crippen LogP) is 2.54. The van der Waals surface area contributed by atoms with E-state index in [9.17, 15) is 4.79 Å². The number of rotatable bonds is 3. The number of carbonyl (C=O) groups excluding carboxylic acids is 1. The van der Waals surface area contributed by atoms with E-state index in [0.29, 0.717) is 19.6 Å². The highest BCUT2D eigenvalue weighted by Gasteiger charge is 2.15. The van der Waals surface area contributed by atoms with Crippen LogP contribution in [0.1, 0.15) is 31.7 Å². The molecule has 1 aliphatic heterocycles. The van der Waals surface area contributed by atoms with Crippen molar-refractivity contribution in [3.63, 3.8) is 0 Å². The summed E-state index contributed by atoms with van der Waals surface area (Å²) in [5, 5.41) is 0. The van der Waals surface area contributed by atoms with Gasteiger partial charge >= 0.3 is 0 Å². The van der Waals surface area contributed by atoms with E-state index >= 15 is 0 Å². The molecule has 0 amide bonds. The Morgan fingerprint density at radius 1 is 1.31 bits per heavy atom. The molecule has 1 heterocycles. The van der Waals surface area contributed by atoms with Gasteiger partial charge in [-0.1, -0.05) is 13.0 Å². The average molecular weight is 220 g/mol. The van der Waals surface area contributed by atoms with Gasteiger partial charge in [-0.3, -0.25) is 0 Å². The zero-order chi connectivity index (χ0) is 11.5. The number of Topliss-reactive ketones (excluding diaryl/α,β-unsaturated/α-hetero) is 1. The van der Waals surface area contributed by atoms with Gasteiger partial charge in [0.25, 0.3) is 0 Å². The number of benzene rings is 1. The minimum Gasteiger partial charge on any atom is -0.486 e. The van der Waals surface area contributed by atoms with Crippen molar-refractivity contribution in [3.05, 3.63) is 23.8 Å². The molecule has 16 heavy (non-hydrogen) atoms. The second-order valence-corrected chi connectivity index (χ2v) is 4.21. The van der Waals surface area contributed by atoms with E-state index in [1.54, 1.807) is 6.92 Å². The first-order valence-electron chi connectivity index (χ1n) is 5.56. The van der Waals surface area contributed by atoms with Crippen LogP contribution in [0.2, 0.25) is 0 Å². The molecule has 3 heteroatoms. The first kappa shape index (κ1) is 11.0. The Kier molecular flexibility index (Phi) is 3.13. The lowest BCUT2D eigenvalue weighted by atomic mass is 9.96. The summed E-state index contributed by atoms with van der Waals surface area (Å²) in [6.07, 6.45) is 0.569. The van der Waals surface area contributed by atoms with Gasteiger partial charge in [0.1, 0.15) is 19.0 Å². The fourth-order valence-corrected chi connectivity index (χ4v) is 1.92. The van der Waals surface area contributed by atoms with Gasteiger partial charge in [0.05, 0.1) is 0 Å². The van der Waals surface area contributed by atoms with Crippen molar-refractivity contribution in [3.8, 4) is 11.5 Å². The Morgan fingerprint density at radius 3 is 2.69 bits per heavy atom. The Balaban J connectivity index is 2.19. The highest BCUT2D eigenvalue weighted by Crippen LogP contribution is 2.33. The van der Waals surface area contributed by atoms with Crippen molar-refractivity contribution in [1.29, 1.82) is 0 Å². The topological polar surface area (TPSA) is 35.5 Å². The van der Waals surface area contributed by atoms with Crippen molar-refractivity contribution in [2.45, 2.75) is 26.2 Å². The minimum absolute atomic E-state index is 0.211. The van der Waals surface area contributed by atoms with Gasteiger partial charge in [-0.2, -0.15) is 0 Å². The van der Waals surface area contributed by atoms with Crippen molar-refractivity contribution in [2.24, 2.45) is 0 Å². The summed E-state index contributed by atoms with van der Waals surface area (Å²) in [6.45, 7) is 4.87. The quantitative estimate of drug-likeness (QED) is 0.785. The van der Waals surface area contributed by atoms with Crippen LogP contribution in [-0.4, -0.2) is 19.0 Å². The van der Waals surface area contributed by atoms with Crippen LogP contribution >= 0.6 is 0 Å². The predicted molar refractivity (Wildman–Crippen MR) is 61.1 cm³/mol. The average Bonchev–Trinajstić information content (AvgIpc) is 2.27. The summed E-state index contributed by atoms with van der Waals surface area (Å²) in [5.74, 6) is 2.03. The van der Waals surface area contributed by atoms with Gasteiger partial charge in [-0.15, -0.1) is 0 Å². The van der Waals surface area contributed by atoms with Gasteiger partial charge in [0.15, 0.2) is 11.5 Å². The van der Waals surface area contributed by atoms with E-state index in [1.165, 1.54) is 0 Å². The van der Waals surface area contributed by atoms with Crippen molar-refractivity contribution < 1.29 is 14.3 Å². The van der Waals surface area contributed by atoms with Gasteiger partial charge in [0.2, 0.25) is 0 Å². The maximum atomic E-state index is 11.1. The van der Waals surface area contributed by atoms with Crippen LogP contribution < -0.4 is 9.47 Å². The van der Waals surface area contributed by atoms with E-state index in [0.717, 1.165) is 17.1 Å². The van der Waals surface area contributed by atoms with Crippen LogP contribution in [0.3, 0.4) is 0 Å². The molecule has 3 nitrogen and oxygen atoms in total. The molecule has 0 saturated heterocycles. The lowest BCUT2D eigenvalue weighted by Crippen LogP contribution is -2.15. The fraction of sp³-hybridized carbons (Fsp3) is 0.462. The third-order valence-electron chi connectivity index (χ3n) is 2.73. The SMILES string of the molecule is CC(=O)C[C@@H](C)c1ccc2c(c1)OCCO2. The molecule has 0 bridgehead atoms. The molecule has 1 atom stereocenters. The number of fused-ring (bicyclic) bond motifs is 1. The summed E-state index contributed by atoms with van der Waals surface area (Å²) < 4.78 is 11.0. The number of ether oxygens (including phenoxy) is 2. The Bertz CT molecular complexity index is 398. The summed E-state index contributed by atoms with van der Waals surface area (Å²) >= 11 is 0. The summed E-state index contributed by atoms with van der Waals surface area (Å²) in [7, 11) is 0. The molecule has 86 valence electrons. The van der Waals surface area contributed by atoms with E-state index in [-0.39, 0.29) is 11.7 Å². The standard InChI is InChI=1S/C13H16O3/c1-9(7-10(2)14)11-3-4-12-13(8-11)16-6-5-15-12/h3-4,8-9H,5-7H2,1-2H3/t9-/m1/s1. The second kappa shape index (κ2) is 4.56. The molecular weight excluding hydrogens is 204 g/mol. The molecule has 0 radical (unpaired) electrons. The molecule has 0 saturated carbocycles. The molecule has 1 aliphatic rings. The maximum absolute atomic E-state index is 11.1. The molecule has 2 rings (SSSR count). The normalized spacial score (nSPS) is 15.6. The van der Waals surface area contributed by atoms with Crippen molar-refractivity contribution in [2.75, 3.05) is 13.2 Å². The Hall–Kier alpha value is -1.51. The molecule has 0 spiro atoms. The fourth-order valence-electron chi connectivity index (χ4n) is 1.92. The van der Waals surface area contributed by atoms with Crippen molar-refractivity contribution >= 4 is 5.78 Å². The van der Waals surface area contributed by atoms with Gasteiger partial charge < -0.3 is 14.3 Å². The summed E-state index contributed by atoms with van der Waals surface area (Å²) in [5.41, 5.74) is 1.12. The lowest BCUT2D eigenvalue weighted by molar-refractivity contribution is -0.117. The first-order valence-corrected chi connectivity index (χ1v) is 5.56. The first-order chi connectivity index (χ1) is 7.66. The molecular formula is C13H16O3. The number of ketones is 1. The van der Waals surface area contributed by atoms with Crippen LogP contribution in [0.5, 0.6) is 11.5 Å². The number of hydrogen-bond acceptors (Lipinski definition) is 3. The van der Waals surface area contributed by atoms with Crippen LogP contribution in [0.15, 0.2) is 18.2 Å². The van der Waals surface area contributed by atoms with Crippen LogP contribution in [0.4, 0.5) is 0 Å². The third-order valence-corrected chi connectivity index (χ3v) is 2.73. The van der Waals surface area contributed by atoms with E-state index in [4.69, 9.17) is 9.47 Å². The van der Waals surface area contributed by atoms with Crippen molar-refractivity contribution in [1.82, 2.24) is 0 Å². The smallest absolute Gasteiger partial charge is 0.161 e. The number of carbonyl (C=O) groups is 1. The van der Waals surface area contributed by atoms with E-state index in [1.807, 2.05) is 25.1 Å². The minimum atomic E-state index is 0.211. The monoisotopic (exact) mass is 220 g/mol. The molecule has 1 aromatic carbocycles. The van der Waals surface area contributed by atoms with E-state index in [2.05, 4.69) is 0 Å². The van der Waals surface area contributed by atoms with Gasteiger partial charge in [-0.05, 0) is 30.5 Å². The molecule has 0 unspecified atom stereocenters. The van der Waals surface area contributed by atoms with Crippen LogP contribution in [-0.2, 0) is 4.79 Å². The van der Waals surface area contributed by atoms with E-state index < -0.39 is 0 Å². The maximum Gasteiger partial charge on any atom is 0.161 e. The highest BCUT2D eigenvalue weighted by atomic mass is 16.6. The summed E-state index contributed by atoms with van der Waals surface area (Å²) in [4.78, 5) is 11.1. The molecule has 0 aliphatic carbocycles. The second-order valence-electron chi connectivity index (χ2n) is 4.21. The molecule has 0 fully saturated rings. The third kappa shape index (κ3) is 2.35. The molecule has 0 N–H and O–H groups in total. The Labute approximate surface area is 95.4 Å². The van der Waals surface area contributed by atoms with Gasteiger partial charge in [0, 0.05) is 6.42 Å². The molecule has 1 aromatic rings. The zero-order valence-corrected chi connectivity index (χ0v) is 9.66. The lowest BCUT2D eigenvalue weighted by Gasteiger charge is -2.20. The summed E-state index contributed by atoms with van der Waals surface area (Å²) in [6, 6.07) is 5.89. The number of hydrogen-bond donors (Lipinski definition) is 0. The Morgan fingerprint density at radius 2 is 2.00 bits per heavy atom. The van der Waals surface area contributed by atoms with Crippen LogP contribution in [0.25, 0.3) is 0 Å². The van der Waals surface area contributed by atoms with Gasteiger partial charge in [-0.25, -0.2) is 0 Å². The highest BCUT2D eigenvalue weighted by molar-refractivity contribution is 5.76. The molecule has 0 aromatic heterocycles. The zero-order valence-electron chi connectivity index (χ0n) is 9.66. The van der Waals surface area contributed by atoms with Crippen LogP contribution in [0, 0.1) is 0 Å².